The molecule has 0 heterocycles. The number of nitrogens with two attached hydrogens (primary N) is 1. The van der Waals surface area contributed by atoms with Crippen molar-refractivity contribution < 1.29 is 13.2 Å². The Morgan fingerprint density at radius 1 is 1.27 bits per heavy atom. The summed E-state index contributed by atoms with van der Waals surface area (Å²) in [6.07, 6.45) is 1.96. The first kappa shape index (κ1) is 14.7. The molecule has 7 heteroatoms. The Morgan fingerprint density at radius 3 is 2.47 bits per heavy atom. The quantitative estimate of drug-likeness (QED) is 0.456. The van der Waals surface area contributed by atoms with Crippen molar-refractivity contribution in [2.45, 2.75) is 25.7 Å². The lowest BCUT2D eigenvalue weighted by Gasteiger charge is -2.04. The molecule has 1 amide bonds. The third-order valence-electron chi connectivity index (χ3n) is 1.72. The maximum atomic E-state index is 11.2. The number of amides is 1. The van der Waals surface area contributed by atoms with E-state index in [1.54, 1.807) is 0 Å². The zero-order valence-corrected chi connectivity index (χ0v) is 10.1. The molecule has 15 heavy (non-hydrogen) atoms. The molecule has 0 aromatic carbocycles. The molecule has 0 saturated carbocycles. The minimum atomic E-state index is -3.20. The van der Waals surface area contributed by atoms with E-state index in [0.29, 0.717) is 38.1 Å². The van der Waals surface area contributed by atoms with Gasteiger partial charge in [-0.15, -0.1) is 11.6 Å². The van der Waals surface area contributed by atoms with Gasteiger partial charge in [-0.3, -0.25) is 4.79 Å². The molecule has 5 nitrogen and oxygen atoms in total. The molecule has 0 aliphatic rings. The number of carbonyl (C=O) groups is 1. The molecule has 0 spiro atoms. The zero-order chi connectivity index (χ0) is 11.7. The molecule has 0 atom stereocenters. The molecule has 0 unspecified atom stereocenters. The first-order chi connectivity index (χ1) is 6.98. The van der Waals surface area contributed by atoms with Gasteiger partial charge in [-0.25, -0.2) is 13.1 Å². The maximum absolute atomic E-state index is 11.2. The van der Waals surface area contributed by atoms with Gasteiger partial charge in [-0.05, 0) is 19.3 Å². The second kappa shape index (κ2) is 7.90. The highest BCUT2D eigenvalue weighted by atomic mass is 35.5. The van der Waals surface area contributed by atoms with Gasteiger partial charge in [-0.2, -0.15) is 0 Å². The number of primary amides is 1. The molecular weight excluding hydrogens is 240 g/mol. The van der Waals surface area contributed by atoms with E-state index >= 15 is 0 Å². The molecule has 0 saturated heterocycles. The Hall–Kier alpha value is -0.330. The van der Waals surface area contributed by atoms with Crippen molar-refractivity contribution in [3.05, 3.63) is 0 Å². The molecule has 0 bridgehead atoms. The summed E-state index contributed by atoms with van der Waals surface area (Å²) in [5.74, 6) is 0.0227. The van der Waals surface area contributed by atoms with Crippen molar-refractivity contribution in [3.63, 3.8) is 0 Å². The van der Waals surface area contributed by atoms with Gasteiger partial charge in [0, 0.05) is 18.8 Å². The lowest BCUT2D eigenvalue weighted by molar-refractivity contribution is -0.118. The maximum Gasteiger partial charge on any atom is 0.217 e. The Kier molecular flexibility index (Phi) is 7.72. The van der Waals surface area contributed by atoms with Crippen molar-refractivity contribution >= 4 is 27.5 Å². The summed E-state index contributed by atoms with van der Waals surface area (Å²) < 4.78 is 24.9. The van der Waals surface area contributed by atoms with Crippen molar-refractivity contribution in [2.24, 2.45) is 5.73 Å². The number of hydrogen-bond acceptors (Lipinski definition) is 3. The van der Waals surface area contributed by atoms with Gasteiger partial charge >= 0.3 is 0 Å². The SMILES string of the molecule is NC(=O)CCCCNS(=O)(=O)CCCCl. The van der Waals surface area contributed by atoms with Crippen LogP contribution in [0.4, 0.5) is 0 Å². The highest BCUT2D eigenvalue weighted by Crippen LogP contribution is 1.96. The third-order valence-corrected chi connectivity index (χ3v) is 3.46. The van der Waals surface area contributed by atoms with E-state index in [-0.39, 0.29) is 11.7 Å². The Morgan fingerprint density at radius 2 is 1.93 bits per heavy atom. The lowest BCUT2D eigenvalue weighted by atomic mass is 10.2. The van der Waals surface area contributed by atoms with Gasteiger partial charge in [0.15, 0.2) is 0 Å². The molecule has 0 aliphatic carbocycles. The van der Waals surface area contributed by atoms with Gasteiger partial charge in [0.25, 0.3) is 0 Å². The van der Waals surface area contributed by atoms with E-state index < -0.39 is 10.0 Å². The molecule has 0 aliphatic heterocycles. The molecule has 0 radical (unpaired) electrons. The van der Waals surface area contributed by atoms with Crippen molar-refractivity contribution in [1.82, 2.24) is 4.72 Å². The van der Waals surface area contributed by atoms with E-state index in [0.717, 1.165) is 0 Å². The van der Waals surface area contributed by atoms with Crippen LogP contribution in [0, 0.1) is 0 Å². The number of nitrogens with one attached hydrogen (secondary N) is 1. The number of carbonyl (C=O) groups excluding carboxylic acids is 1. The van der Waals surface area contributed by atoms with Gasteiger partial charge in [-0.1, -0.05) is 0 Å². The van der Waals surface area contributed by atoms with Crippen molar-refractivity contribution in [2.75, 3.05) is 18.2 Å². The molecule has 0 fully saturated rings. The highest BCUT2D eigenvalue weighted by molar-refractivity contribution is 7.89. The number of alkyl halides is 1. The number of rotatable bonds is 9. The molecule has 3 N–H and O–H groups in total. The Labute approximate surface area is 95.4 Å². The number of hydrogen-bond donors (Lipinski definition) is 2. The third kappa shape index (κ3) is 9.96. The highest BCUT2D eigenvalue weighted by Gasteiger charge is 2.07. The molecule has 90 valence electrons. The summed E-state index contributed by atoms with van der Waals surface area (Å²) in [5.41, 5.74) is 4.93. The van der Waals surface area contributed by atoms with E-state index in [9.17, 15) is 13.2 Å². The van der Waals surface area contributed by atoms with Crippen molar-refractivity contribution in [1.29, 1.82) is 0 Å². The van der Waals surface area contributed by atoms with Crippen LogP contribution in [0.1, 0.15) is 25.7 Å². The predicted molar refractivity (Wildman–Crippen MR) is 60.2 cm³/mol. The monoisotopic (exact) mass is 256 g/mol. The predicted octanol–water partition coefficient (Wildman–Crippen LogP) is 0.190. The molecule has 0 rings (SSSR count). The minimum absolute atomic E-state index is 0.0479. The zero-order valence-electron chi connectivity index (χ0n) is 8.54. The Balaban J connectivity index is 3.53. The first-order valence-corrected chi connectivity index (χ1v) is 6.98. The van der Waals surface area contributed by atoms with Gasteiger partial charge in [0.05, 0.1) is 5.75 Å². The largest absolute Gasteiger partial charge is 0.370 e. The van der Waals surface area contributed by atoms with Crippen LogP contribution in [0.5, 0.6) is 0 Å². The smallest absolute Gasteiger partial charge is 0.217 e. The van der Waals surface area contributed by atoms with Crippen LogP contribution in [0.15, 0.2) is 0 Å². The normalized spacial score (nSPS) is 11.5. The molecular formula is C8H17ClN2O3S. The van der Waals surface area contributed by atoms with E-state index in [1.165, 1.54) is 0 Å². The lowest BCUT2D eigenvalue weighted by Crippen LogP contribution is -2.27. The average Bonchev–Trinajstić information content (AvgIpc) is 2.14. The fourth-order valence-corrected chi connectivity index (χ4v) is 2.38. The van der Waals surface area contributed by atoms with Crippen LogP contribution >= 0.6 is 11.6 Å². The van der Waals surface area contributed by atoms with Crippen LogP contribution in [0.3, 0.4) is 0 Å². The average molecular weight is 257 g/mol. The standard InChI is InChI=1S/C8H17ClN2O3S/c9-5-3-7-15(13,14)11-6-2-1-4-8(10)12/h11H,1-7H2,(H2,10,12). The fourth-order valence-electron chi connectivity index (χ4n) is 0.969. The molecule has 0 aromatic heterocycles. The van der Waals surface area contributed by atoms with Crippen molar-refractivity contribution in [3.8, 4) is 0 Å². The second-order valence-corrected chi connectivity index (χ2v) is 5.48. The van der Waals surface area contributed by atoms with Crippen LogP contribution in [-0.2, 0) is 14.8 Å². The van der Waals surface area contributed by atoms with Gasteiger partial charge in [0.1, 0.15) is 0 Å². The Bertz CT molecular complexity index is 280. The van der Waals surface area contributed by atoms with Gasteiger partial charge in [0.2, 0.25) is 15.9 Å². The number of halogens is 1. The van der Waals surface area contributed by atoms with Crippen LogP contribution in [0.2, 0.25) is 0 Å². The molecule has 0 aromatic rings. The number of unbranched alkanes of at least 4 members (excludes halogenated alkanes) is 1. The summed E-state index contributed by atoms with van der Waals surface area (Å²) in [5, 5.41) is 0. The summed E-state index contributed by atoms with van der Waals surface area (Å²) >= 11 is 5.38. The fraction of sp³-hybridized carbons (Fsp3) is 0.875. The minimum Gasteiger partial charge on any atom is -0.370 e. The van der Waals surface area contributed by atoms with Crippen LogP contribution in [-0.4, -0.2) is 32.5 Å². The van der Waals surface area contributed by atoms with E-state index in [4.69, 9.17) is 17.3 Å². The first-order valence-electron chi connectivity index (χ1n) is 4.79. The van der Waals surface area contributed by atoms with Crippen LogP contribution in [0.25, 0.3) is 0 Å². The van der Waals surface area contributed by atoms with Gasteiger partial charge < -0.3 is 5.73 Å². The van der Waals surface area contributed by atoms with E-state index in [1.807, 2.05) is 0 Å². The summed E-state index contributed by atoms with van der Waals surface area (Å²) in [6.45, 7) is 0.345. The topological polar surface area (TPSA) is 89.3 Å². The van der Waals surface area contributed by atoms with E-state index in [2.05, 4.69) is 4.72 Å². The summed E-state index contributed by atoms with van der Waals surface area (Å²) in [7, 11) is -3.20. The summed E-state index contributed by atoms with van der Waals surface area (Å²) in [4.78, 5) is 10.4. The second-order valence-electron chi connectivity index (χ2n) is 3.18. The number of sulfonamides is 1. The van der Waals surface area contributed by atoms with Crippen LogP contribution < -0.4 is 10.5 Å². The summed E-state index contributed by atoms with van der Waals surface area (Å²) in [6, 6.07) is 0.